The highest BCUT2D eigenvalue weighted by Crippen LogP contribution is 2.26. The number of anilines is 1. The van der Waals surface area contributed by atoms with Crippen LogP contribution in [0.1, 0.15) is 21.5 Å². The van der Waals surface area contributed by atoms with Crippen molar-refractivity contribution in [2.24, 2.45) is 0 Å². The van der Waals surface area contributed by atoms with Gasteiger partial charge in [-0.05, 0) is 54.4 Å². The van der Waals surface area contributed by atoms with Gasteiger partial charge in [0, 0.05) is 26.0 Å². The second-order valence-electron chi connectivity index (χ2n) is 7.62. The lowest BCUT2D eigenvalue weighted by Crippen LogP contribution is -2.27. The number of halogens is 1. The fourth-order valence-corrected chi connectivity index (χ4v) is 4.69. The first-order valence-electron chi connectivity index (χ1n) is 10.1. The minimum absolute atomic E-state index is 0.0346. The maximum absolute atomic E-state index is 13.3. The molecule has 0 saturated heterocycles. The number of hydrogen-bond acceptors (Lipinski definition) is 5. The zero-order chi connectivity index (χ0) is 23.6. The molecule has 1 aromatic heterocycles. The highest BCUT2D eigenvalue weighted by Gasteiger charge is 2.23. The number of para-hydroxylation sites is 1. The number of carbonyl (C=O) groups is 1. The Morgan fingerprint density at radius 3 is 2.52 bits per heavy atom. The van der Waals surface area contributed by atoms with Crippen LogP contribution in [0.4, 0.5) is 10.1 Å². The summed E-state index contributed by atoms with van der Waals surface area (Å²) in [6.45, 7) is 2.04. The summed E-state index contributed by atoms with van der Waals surface area (Å²) in [4.78, 5) is 22.9. The van der Waals surface area contributed by atoms with Crippen molar-refractivity contribution in [1.29, 1.82) is 0 Å². The van der Waals surface area contributed by atoms with E-state index >= 15 is 0 Å². The van der Waals surface area contributed by atoms with E-state index in [0.29, 0.717) is 5.52 Å². The van der Waals surface area contributed by atoms with E-state index in [1.54, 1.807) is 56.4 Å². The Bertz CT molecular complexity index is 1430. The Kier molecular flexibility index (Phi) is 6.06. The number of aryl methyl sites for hydroxylation is 1. The van der Waals surface area contributed by atoms with E-state index in [4.69, 9.17) is 0 Å². The van der Waals surface area contributed by atoms with Gasteiger partial charge in [-0.25, -0.2) is 12.8 Å². The maximum atomic E-state index is 13.3. The zero-order valence-corrected chi connectivity index (χ0v) is 18.8. The Morgan fingerprint density at radius 1 is 1.03 bits per heavy atom. The molecule has 4 aromatic rings. The van der Waals surface area contributed by atoms with E-state index < -0.39 is 10.0 Å². The average molecular weight is 465 g/mol. The van der Waals surface area contributed by atoms with Crippen molar-refractivity contribution in [3.8, 4) is 0 Å². The molecule has 33 heavy (non-hydrogen) atoms. The Hall–Kier alpha value is -3.85. The summed E-state index contributed by atoms with van der Waals surface area (Å²) in [6, 6.07) is 15.5. The molecule has 0 aliphatic carbocycles. The lowest BCUT2D eigenvalue weighted by atomic mass is 10.1. The Labute approximate surface area is 191 Å². The second kappa shape index (κ2) is 8.95. The summed E-state index contributed by atoms with van der Waals surface area (Å²) in [5.74, 6) is -0.740. The number of rotatable bonds is 6. The molecule has 0 fully saturated rings. The van der Waals surface area contributed by atoms with E-state index in [-0.39, 0.29) is 39.9 Å². The maximum Gasteiger partial charge on any atom is 0.264 e. The van der Waals surface area contributed by atoms with Crippen LogP contribution < -0.4 is 4.72 Å². The largest absolute Gasteiger partial charge is 0.337 e. The molecule has 0 saturated carbocycles. The molecular weight excluding hydrogens is 443 g/mol. The normalized spacial score (nSPS) is 11.4. The van der Waals surface area contributed by atoms with Gasteiger partial charge in [-0.2, -0.15) is 0 Å². The third-order valence-electron chi connectivity index (χ3n) is 5.08. The summed E-state index contributed by atoms with van der Waals surface area (Å²) in [5, 5.41) is 0. The third kappa shape index (κ3) is 4.83. The molecule has 1 heterocycles. The van der Waals surface area contributed by atoms with Crippen molar-refractivity contribution in [3.63, 3.8) is 0 Å². The van der Waals surface area contributed by atoms with Gasteiger partial charge in [0.2, 0.25) is 0 Å². The van der Waals surface area contributed by atoms with E-state index in [2.05, 4.69) is 14.7 Å². The second-order valence-corrected chi connectivity index (χ2v) is 9.27. The smallest absolute Gasteiger partial charge is 0.264 e. The number of carbonyl (C=O) groups excluding carboxylic acids is 1. The van der Waals surface area contributed by atoms with Crippen molar-refractivity contribution in [3.05, 3.63) is 95.6 Å². The molecule has 0 unspecified atom stereocenters. The number of amides is 1. The molecule has 168 valence electrons. The molecule has 4 rings (SSSR count). The SMILES string of the molecule is Cc1ccc(C(=O)N(C)Cc2ccc(F)cc2)c(NS(=O)(=O)c2cccc3nccnc23)c1. The summed E-state index contributed by atoms with van der Waals surface area (Å²) >= 11 is 0. The van der Waals surface area contributed by atoms with Crippen molar-refractivity contribution in [2.45, 2.75) is 18.4 Å². The van der Waals surface area contributed by atoms with E-state index in [9.17, 15) is 17.6 Å². The van der Waals surface area contributed by atoms with Gasteiger partial charge in [0.25, 0.3) is 15.9 Å². The van der Waals surface area contributed by atoms with E-state index in [1.807, 2.05) is 0 Å². The standard InChI is InChI=1S/C24H21FN4O3S/c1-16-6-11-19(24(30)29(2)15-17-7-9-18(25)10-8-17)21(14-16)28-33(31,32)22-5-3-4-20-23(22)27-13-12-26-20/h3-14,28H,15H2,1-2H3. The number of benzene rings is 3. The number of nitrogens with zero attached hydrogens (tertiary/aromatic N) is 3. The molecule has 7 nitrogen and oxygen atoms in total. The van der Waals surface area contributed by atoms with Crippen LogP contribution in [0.15, 0.2) is 78.0 Å². The molecule has 0 spiro atoms. The first-order chi connectivity index (χ1) is 15.7. The summed E-state index contributed by atoms with van der Waals surface area (Å²) in [5.41, 5.74) is 2.56. The molecule has 0 radical (unpaired) electrons. The number of sulfonamides is 1. The van der Waals surface area contributed by atoms with Gasteiger partial charge in [0.1, 0.15) is 16.2 Å². The first kappa shape index (κ1) is 22.3. The summed E-state index contributed by atoms with van der Waals surface area (Å²) in [6.07, 6.45) is 2.91. The zero-order valence-electron chi connectivity index (χ0n) is 18.0. The number of hydrogen-bond donors (Lipinski definition) is 1. The predicted octanol–water partition coefficient (Wildman–Crippen LogP) is 4.15. The molecule has 9 heteroatoms. The summed E-state index contributed by atoms with van der Waals surface area (Å²) in [7, 11) is -2.47. The highest BCUT2D eigenvalue weighted by atomic mass is 32.2. The van der Waals surface area contributed by atoms with E-state index in [0.717, 1.165) is 11.1 Å². The Balaban J connectivity index is 1.66. The lowest BCUT2D eigenvalue weighted by Gasteiger charge is -2.20. The molecule has 3 aromatic carbocycles. The molecule has 1 N–H and O–H groups in total. The summed E-state index contributed by atoms with van der Waals surface area (Å²) < 4.78 is 42.2. The van der Waals surface area contributed by atoms with Crippen molar-refractivity contribution in [2.75, 3.05) is 11.8 Å². The molecule has 0 aliphatic rings. The molecule has 1 amide bonds. The van der Waals surface area contributed by atoms with Crippen LogP contribution in [-0.2, 0) is 16.6 Å². The van der Waals surface area contributed by atoms with Crippen molar-refractivity contribution in [1.82, 2.24) is 14.9 Å². The van der Waals surface area contributed by atoms with Gasteiger partial charge in [-0.3, -0.25) is 19.5 Å². The molecule has 0 atom stereocenters. The molecule has 0 aliphatic heterocycles. The fraction of sp³-hybridized carbons (Fsp3) is 0.125. The number of nitrogens with one attached hydrogen (secondary N) is 1. The van der Waals surface area contributed by atoms with Crippen LogP contribution in [0.25, 0.3) is 11.0 Å². The molecular formula is C24H21FN4O3S. The van der Waals surface area contributed by atoms with Gasteiger partial charge in [-0.15, -0.1) is 0 Å². The Morgan fingerprint density at radius 2 is 1.76 bits per heavy atom. The minimum Gasteiger partial charge on any atom is -0.337 e. The van der Waals surface area contributed by atoms with Gasteiger partial charge in [0.15, 0.2) is 0 Å². The monoisotopic (exact) mass is 464 g/mol. The van der Waals surface area contributed by atoms with Crippen LogP contribution >= 0.6 is 0 Å². The van der Waals surface area contributed by atoms with Crippen LogP contribution in [0, 0.1) is 12.7 Å². The number of aromatic nitrogens is 2. The molecule has 0 bridgehead atoms. The van der Waals surface area contributed by atoms with Gasteiger partial charge in [0.05, 0.1) is 16.8 Å². The highest BCUT2D eigenvalue weighted by molar-refractivity contribution is 7.93. The topological polar surface area (TPSA) is 92.3 Å². The average Bonchev–Trinajstić information content (AvgIpc) is 2.79. The van der Waals surface area contributed by atoms with E-state index in [1.165, 1.54) is 35.5 Å². The van der Waals surface area contributed by atoms with Gasteiger partial charge < -0.3 is 4.90 Å². The lowest BCUT2D eigenvalue weighted by molar-refractivity contribution is 0.0786. The van der Waals surface area contributed by atoms with Gasteiger partial charge in [-0.1, -0.05) is 24.3 Å². The van der Waals surface area contributed by atoms with Crippen LogP contribution in [0.3, 0.4) is 0 Å². The third-order valence-corrected chi connectivity index (χ3v) is 6.48. The predicted molar refractivity (Wildman–Crippen MR) is 124 cm³/mol. The van der Waals surface area contributed by atoms with Crippen LogP contribution in [-0.4, -0.2) is 36.2 Å². The van der Waals surface area contributed by atoms with Crippen LogP contribution in [0.5, 0.6) is 0 Å². The van der Waals surface area contributed by atoms with Gasteiger partial charge >= 0.3 is 0 Å². The van der Waals surface area contributed by atoms with Crippen molar-refractivity contribution < 1.29 is 17.6 Å². The first-order valence-corrected chi connectivity index (χ1v) is 11.6. The number of fused-ring (bicyclic) bond motifs is 1. The quantitative estimate of drug-likeness (QED) is 0.463. The van der Waals surface area contributed by atoms with Crippen molar-refractivity contribution >= 4 is 32.7 Å². The fourth-order valence-electron chi connectivity index (χ4n) is 3.45. The van der Waals surface area contributed by atoms with Crippen LogP contribution in [0.2, 0.25) is 0 Å². The minimum atomic E-state index is -4.07.